The monoisotopic (exact) mass is 630 g/mol. The van der Waals surface area contributed by atoms with Crippen LogP contribution in [0, 0.1) is 30.6 Å². The van der Waals surface area contributed by atoms with Crippen LogP contribution in [-0.2, 0) is 24.5 Å². The third-order valence-corrected chi connectivity index (χ3v) is 8.22. The summed E-state index contributed by atoms with van der Waals surface area (Å²) in [5, 5.41) is 10.6. The molecule has 1 fully saturated rings. The fraction of sp³-hybridized carbons (Fsp3) is 0.469. The number of nitrogens with two attached hydrogens (primary N) is 1. The first-order valence-corrected chi connectivity index (χ1v) is 16.2. The van der Waals surface area contributed by atoms with Gasteiger partial charge in [-0.3, -0.25) is 34.6 Å². The maximum absolute atomic E-state index is 13.4. The van der Waals surface area contributed by atoms with Crippen LogP contribution in [0.25, 0.3) is 6.08 Å². The Morgan fingerprint density at radius 1 is 1.00 bits per heavy atom. The lowest BCUT2D eigenvalue weighted by atomic mass is 9.74. The van der Waals surface area contributed by atoms with E-state index in [2.05, 4.69) is 5.43 Å². The molecule has 0 saturated heterocycles. The molecular formula is C32H46N4O7S. The summed E-state index contributed by atoms with van der Waals surface area (Å²) in [6, 6.07) is 14.9. The van der Waals surface area contributed by atoms with Crippen LogP contribution >= 0.6 is 0 Å². The SMILES string of the molecule is CC(C)CN(NC(=O)[C@H](CC1CCC1)[C@H](CC=Cc1ccccc1)C(=O)NO)C(=O)[C@@H](C)N.Cc1ccc(S(=O)(=O)O)cc1. The fourth-order valence-electron chi connectivity index (χ4n) is 4.72. The minimum atomic E-state index is -4.02. The number of hydrazine groups is 1. The van der Waals surface area contributed by atoms with E-state index in [1.165, 1.54) is 17.1 Å². The van der Waals surface area contributed by atoms with Gasteiger partial charge in [0.1, 0.15) is 0 Å². The molecule has 0 bridgehead atoms. The number of allylic oxidation sites excluding steroid dienone is 1. The summed E-state index contributed by atoms with van der Waals surface area (Å²) >= 11 is 0. The second kappa shape index (κ2) is 17.6. The highest BCUT2D eigenvalue weighted by Crippen LogP contribution is 2.36. The van der Waals surface area contributed by atoms with Crippen LogP contribution in [0.2, 0.25) is 0 Å². The maximum Gasteiger partial charge on any atom is 0.294 e. The molecule has 1 aliphatic rings. The van der Waals surface area contributed by atoms with E-state index < -0.39 is 39.8 Å². The topological polar surface area (TPSA) is 179 Å². The van der Waals surface area contributed by atoms with Crippen molar-refractivity contribution in [3.05, 3.63) is 71.8 Å². The Bertz CT molecular complexity index is 1340. The van der Waals surface area contributed by atoms with Gasteiger partial charge in [-0.25, -0.2) is 5.48 Å². The van der Waals surface area contributed by atoms with Gasteiger partial charge in [-0.05, 0) is 56.2 Å². The molecule has 3 rings (SSSR count). The Morgan fingerprint density at radius 3 is 2.09 bits per heavy atom. The van der Waals surface area contributed by atoms with Crippen LogP contribution in [0.3, 0.4) is 0 Å². The summed E-state index contributed by atoms with van der Waals surface area (Å²) in [4.78, 5) is 38.5. The third kappa shape index (κ3) is 12.2. The molecule has 2 aromatic rings. The Hall–Kier alpha value is -3.58. The van der Waals surface area contributed by atoms with Crippen molar-refractivity contribution >= 4 is 33.9 Å². The zero-order valence-corrected chi connectivity index (χ0v) is 26.7. The number of hydrogen-bond acceptors (Lipinski definition) is 7. The van der Waals surface area contributed by atoms with Crippen molar-refractivity contribution in [2.45, 2.75) is 70.7 Å². The van der Waals surface area contributed by atoms with Crippen molar-refractivity contribution in [2.24, 2.45) is 29.4 Å². The van der Waals surface area contributed by atoms with Crippen LogP contribution in [-0.4, -0.2) is 53.5 Å². The molecule has 11 nitrogen and oxygen atoms in total. The highest BCUT2D eigenvalue weighted by atomic mass is 32.2. The van der Waals surface area contributed by atoms with Gasteiger partial charge < -0.3 is 5.73 Å². The number of hydroxylamine groups is 1. The van der Waals surface area contributed by atoms with E-state index >= 15 is 0 Å². The third-order valence-electron chi connectivity index (χ3n) is 7.35. The summed E-state index contributed by atoms with van der Waals surface area (Å²) in [7, 11) is -4.02. The van der Waals surface area contributed by atoms with E-state index in [9.17, 15) is 28.0 Å². The minimum Gasteiger partial charge on any atom is -0.320 e. The first-order valence-electron chi connectivity index (χ1n) is 14.8. The number of hydrogen-bond donors (Lipinski definition) is 5. The second-order valence-electron chi connectivity index (χ2n) is 11.7. The zero-order valence-electron chi connectivity index (χ0n) is 25.8. The van der Waals surface area contributed by atoms with E-state index in [0.29, 0.717) is 18.9 Å². The van der Waals surface area contributed by atoms with E-state index in [1.54, 1.807) is 24.5 Å². The molecule has 3 amide bonds. The van der Waals surface area contributed by atoms with Crippen molar-refractivity contribution in [3.8, 4) is 0 Å². The maximum atomic E-state index is 13.4. The van der Waals surface area contributed by atoms with E-state index in [-0.39, 0.29) is 23.1 Å². The molecule has 1 aliphatic carbocycles. The van der Waals surface area contributed by atoms with Gasteiger partial charge in [0.05, 0.1) is 22.8 Å². The van der Waals surface area contributed by atoms with Crippen molar-refractivity contribution in [2.75, 3.05) is 6.54 Å². The van der Waals surface area contributed by atoms with E-state index in [1.807, 2.05) is 63.3 Å². The van der Waals surface area contributed by atoms with Crippen LogP contribution in [0.1, 0.15) is 64.0 Å². The number of aryl methyl sites for hydroxylation is 1. The molecule has 0 radical (unpaired) electrons. The quantitative estimate of drug-likeness (QED) is 0.132. The van der Waals surface area contributed by atoms with Gasteiger partial charge in [-0.15, -0.1) is 0 Å². The number of carbonyl (C=O) groups excluding carboxylic acids is 3. The Labute approximate surface area is 260 Å². The summed E-state index contributed by atoms with van der Waals surface area (Å²) in [6.45, 7) is 7.61. The summed E-state index contributed by atoms with van der Waals surface area (Å²) in [5.41, 5.74) is 12.2. The Balaban J connectivity index is 0.000000514. The van der Waals surface area contributed by atoms with Gasteiger partial charge in [0.25, 0.3) is 16.0 Å². The average Bonchev–Trinajstić information content (AvgIpc) is 2.94. The number of carbonyl (C=O) groups is 3. The predicted molar refractivity (Wildman–Crippen MR) is 168 cm³/mol. The first kappa shape index (κ1) is 36.6. The minimum absolute atomic E-state index is 0.0666. The molecule has 0 unspecified atom stereocenters. The zero-order chi connectivity index (χ0) is 32.9. The largest absolute Gasteiger partial charge is 0.320 e. The van der Waals surface area contributed by atoms with Crippen LogP contribution < -0.4 is 16.6 Å². The molecule has 6 N–H and O–H groups in total. The Morgan fingerprint density at radius 2 is 1.61 bits per heavy atom. The molecular weight excluding hydrogens is 584 g/mol. The number of benzene rings is 2. The highest BCUT2D eigenvalue weighted by molar-refractivity contribution is 7.85. The lowest BCUT2D eigenvalue weighted by molar-refractivity contribution is -0.148. The molecule has 0 aromatic heterocycles. The molecule has 2 aromatic carbocycles. The molecule has 44 heavy (non-hydrogen) atoms. The molecule has 0 aliphatic heterocycles. The number of rotatable bonds is 12. The summed E-state index contributed by atoms with van der Waals surface area (Å²) < 4.78 is 29.6. The molecule has 242 valence electrons. The predicted octanol–water partition coefficient (Wildman–Crippen LogP) is 4.12. The fourth-order valence-corrected chi connectivity index (χ4v) is 5.20. The van der Waals surface area contributed by atoms with Gasteiger partial charge in [0.15, 0.2) is 0 Å². The average molecular weight is 631 g/mol. The molecule has 0 heterocycles. The normalized spacial score (nSPS) is 15.4. The summed E-state index contributed by atoms with van der Waals surface area (Å²) in [5.74, 6) is -2.41. The standard InChI is InChI=1S/C25H38N4O4.C7H8O3S/c1-17(2)16-29(25(32)18(3)26)27-23(30)22(15-20-12-7-13-20)21(24(31)28-33)14-8-11-19-9-5-4-6-10-19;1-6-2-4-7(5-3-6)11(8,9)10/h4-6,8-11,17-18,20-22,33H,7,12-16,26H2,1-3H3,(H,27,30)(H,28,31);2-5H,1H3,(H,8,9,10)/t18-,21+,22-;/m1./s1. The van der Waals surface area contributed by atoms with Crippen LogP contribution in [0.4, 0.5) is 0 Å². The van der Waals surface area contributed by atoms with Crippen LogP contribution in [0.5, 0.6) is 0 Å². The van der Waals surface area contributed by atoms with Gasteiger partial charge in [0, 0.05) is 6.54 Å². The molecule has 1 saturated carbocycles. The lowest BCUT2D eigenvalue weighted by Gasteiger charge is -2.34. The number of amides is 3. The van der Waals surface area contributed by atoms with Gasteiger partial charge in [-0.2, -0.15) is 8.42 Å². The second-order valence-corrected chi connectivity index (χ2v) is 13.1. The van der Waals surface area contributed by atoms with Crippen LogP contribution in [0.15, 0.2) is 65.6 Å². The van der Waals surface area contributed by atoms with Gasteiger partial charge in [0.2, 0.25) is 11.8 Å². The Kier molecular flexibility index (Phi) is 14.7. The molecule has 3 atom stereocenters. The van der Waals surface area contributed by atoms with Crippen molar-refractivity contribution in [1.82, 2.24) is 15.9 Å². The van der Waals surface area contributed by atoms with Gasteiger partial charge >= 0.3 is 0 Å². The highest BCUT2D eigenvalue weighted by Gasteiger charge is 2.37. The van der Waals surface area contributed by atoms with Crippen molar-refractivity contribution in [3.63, 3.8) is 0 Å². The smallest absolute Gasteiger partial charge is 0.294 e. The molecule has 12 heteroatoms. The molecule has 0 spiro atoms. The van der Waals surface area contributed by atoms with Gasteiger partial charge in [-0.1, -0.05) is 93.3 Å². The van der Waals surface area contributed by atoms with Crippen molar-refractivity contribution < 1.29 is 32.6 Å². The first-order chi connectivity index (χ1) is 20.7. The number of nitrogens with one attached hydrogen (secondary N) is 2. The lowest BCUT2D eigenvalue weighted by Crippen LogP contribution is -2.55. The van der Waals surface area contributed by atoms with E-state index in [4.69, 9.17) is 10.3 Å². The van der Waals surface area contributed by atoms with Crippen molar-refractivity contribution in [1.29, 1.82) is 0 Å². The van der Waals surface area contributed by atoms with E-state index in [0.717, 1.165) is 30.4 Å². The summed E-state index contributed by atoms with van der Waals surface area (Å²) in [6.07, 6.45) is 7.64. The number of nitrogens with zero attached hydrogens (tertiary/aromatic N) is 1.